The molecule has 0 spiro atoms. The monoisotopic (exact) mass is 777 g/mol. The van der Waals surface area contributed by atoms with Gasteiger partial charge in [0.1, 0.15) is 12.7 Å². The van der Waals surface area contributed by atoms with E-state index in [4.69, 9.17) is 19.1 Å². The number of unbranched alkanes of at least 4 members (excludes halogenated alkanes) is 25. The molecule has 0 bridgehead atoms. The lowest BCUT2D eigenvalue weighted by Gasteiger charge is -2.20. The number of aliphatic hydroxyl groups is 2. The molecule has 0 saturated carbocycles. The van der Waals surface area contributed by atoms with Crippen molar-refractivity contribution >= 4 is 19.8 Å². The molecule has 0 aromatic rings. The Bertz CT molecular complexity index is 899. The fourth-order valence-electron chi connectivity index (χ4n) is 6.03. The van der Waals surface area contributed by atoms with Gasteiger partial charge in [-0.1, -0.05) is 174 Å². The minimum atomic E-state index is -4.61. The normalized spacial score (nSPS) is 14.0. The third kappa shape index (κ3) is 38.8. The zero-order valence-electron chi connectivity index (χ0n) is 34.0. The molecule has 3 atom stereocenters. The Morgan fingerprint density at radius 1 is 0.547 bits per heavy atom. The van der Waals surface area contributed by atoms with Crippen molar-refractivity contribution in [1.82, 2.24) is 0 Å². The van der Waals surface area contributed by atoms with E-state index in [1.165, 1.54) is 128 Å². The third-order valence-corrected chi connectivity index (χ3v) is 10.4. The number of phosphoric ester groups is 1. The molecule has 0 aliphatic carbocycles. The number of ether oxygens (including phenoxy) is 2. The van der Waals surface area contributed by atoms with Gasteiger partial charge in [-0.3, -0.25) is 18.6 Å². The second-order valence-corrected chi connectivity index (χ2v) is 16.2. The molecule has 0 aromatic carbocycles. The van der Waals surface area contributed by atoms with Crippen LogP contribution < -0.4 is 0 Å². The highest BCUT2D eigenvalue weighted by Gasteiger charge is 2.27. The van der Waals surface area contributed by atoms with E-state index >= 15 is 0 Å². The zero-order valence-corrected chi connectivity index (χ0v) is 34.9. The van der Waals surface area contributed by atoms with Crippen LogP contribution in [0.5, 0.6) is 0 Å². The van der Waals surface area contributed by atoms with E-state index in [0.717, 1.165) is 38.5 Å². The standard InChI is InChI=1S/C42H81O10P/c1-3-5-7-9-11-13-15-17-19-21-23-25-27-29-31-33-41(45)49-37-40(38-51-53(47,48)50-36-39(44)35-43)52-42(46)34-32-30-28-26-24-22-20-18-16-14-12-10-8-6-4-2/h9,11,39-40,43-44H,3-8,10,12-38H2,1-2H3,(H,47,48)/b11-9+/t39-,40+/m0/s1. The van der Waals surface area contributed by atoms with E-state index in [2.05, 4.69) is 30.5 Å². The van der Waals surface area contributed by atoms with Gasteiger partial charge in [0.15, 0.2) is 6.10 Å². The lowest BCUT2D eigenvalue weighted by atomic mass is 10.0. The molecule has 0 rings (SSSR count). The first kappa shape index (κ1) is 51.7. The topological polar surface area (TPSA) is 149 Å². The van der Waals surface area contributed by atoms with Crippen LogP contribution >= 0.6 is 7.82 Å². The number of esters is 2. The van der Waals surface area contributed by atoms with E-state index in [-0.39, 0.29) is 19.4 Å². The molecule has 53 heavy (non-hydrogen) atoms. The Balaban J connectivity index is 4.26. The van der Waals surface area contributed by atoms with Gasteiger partial charge >= 0.3 is 19.8 Å². The maximum atomic E-state index is 12.6. The minimum absolute atomic E-state index is 0.190. The number of rotatable bonds is 41. The minimum Gasteiger partial charge on any atom is -0.462 e. The van der Waals surface area contributed by atoms with Crippen LogP contribution in [0.25, 0.3) is 0 Å². The summed E-state index contributed by atoms with van der Waals surface area (Å²) in [7, 11) is -4.61. The van der Waals surface area contributed by atoms with Crippen LogP contribution in [0.2, 0.25) is 0 Å². The first-order chi connectivity index (χ1) is 25.7. The summed E-state index contributed by atoms with van der Waals surface area (Å²) in [5, 5.41) is 18.3. The van der Waals surface area contributed by atoms with Crippen molar-refractivity contribution in [3.8, 4) is 0 Å². The summed E-state index contributed by atoms with van der Waals surface area (Å²) in [6.07, 6.45) is 36.0. The molecule has 0 aliphatic heterocycles. The van der Waals surface area contributed by atoms with Crippen LogP contribution in [0, 0.1) is 0 Å². The average Bonchev–Trinajstić information content (AvgIpc) is 3.14. The van der Waals surface area contributed by atoms with E-state index in [1.807, 2.05) is 0 Å². The van der Waals surface area contributed by atoms with Crippen molar-refractivity contribution in [2.75, 3.05) is 26.4 Å². The Labute approximate surface area is 324 Å². The first-order valence-electron chi connectivity index (χ1n) is 21.6. The second kappa shape index (κ2) is 39.0. The van der Waals surface area contributed by atoms with Gasteiger partial charge < -0.3 is 24.6 Å². The summed E-state index contributed by atoms with van der Waals surface area (Å²) in [5.41, 5.74) is 0. The van der Waals surface area contributed by atoms with Gasteiger partial charge in [-0.05, 0) is 32.1 Å². The van der Waals surface area contributed by atoms with Gasteiger partial charge in [0, 0.05) is 12.8 Å². The summed E-state index contributed by atoms with van der Waals surface area (Å²) in [6, 6.07) is 0. The van der Waals surface area contributed by atoms with Crippen molar-refractivity contribution in [2.45, 2.75) is 219 Å². The van der Waals surface area contributed by atoms with E-state index in [1.54, 1.807) is 0 Å². The van der Waals surface area contributed by atoms with E-state index < -0.39 is 51.8 Å². The van der Waals surface area contributed by atoms with Crippen molar-refractivity contribution in [3.05, 3.63) is 12.2 Å². The SMILES string of the molecule is CCCC/C=C/CCCCCCCCCCCC(=O)OC[C@H](COP(=O)(O)OC[C@@H](O)CO)OC(=O)CCCCCCCCCCCCCCCCC. The molecule has 0 amide bonds. The molecule has 314 valence electrons. The molecule has 0 radical (unpaired) electrons. The van der Waals surface area contributed by atoms with Crippen LogP contribution in [0.15, 0.2) is 12.2 Å². The van der Waals surface area contributed by atoms with Crippen molar-refractivity contribution in [3.63, 3.8) is 0 Å². The van der Waals surface area contributed by atoms with Gasteiger partial charge in [0.05, 0.1) is 19.8 Å². The molecule has 0 fully saturated rings. The highest BCUT2D eigenvalue weighted by molar-refractivity contribution is 7.47. The van der Waals surface area contributed by atoms with E-state index in [0.29, 0.717) is 12.8 Å². The van der Waals surface area contributed by atoms with Gasteiger partial charge in [-0.25, -0.2) is 4.57 Å². The quantitative estimate of drug-likeness (QED) is 0.0237. The molecular weight excluding hydrogens is 695 g/mol. The number of hydrogen-bond acceptors (Lipinski definition) is 9. The molecular formula is C42H81O10P. The van der Waals surface area contributed by atoms with Crippen LogP contribution in [0.1, 0.15) is 206 Å². The predicted octanol–water partition coefficient (Wildman–Crippen LogP) is 11.2. The maximum absolute atomic E-state index is 12.6. The van der Waals surface area contributed by atoms with Crippen LogP contribution in [0.3, 0.4) is 0 Å². The van der Waals surface area contributed by atoms with Crippen LogP contribution in [-0.2, 0) is 32.7 Å². The summed E-state index contributed by atoms with van der Waals surface area (Å²) >= 11 is 0. The highest BCUT2D eigenvalue weighted by atomic mass is 31.2. The number of carbonyl (C=O) groups is 2. The first-order valence-corrected chi connectivity index (χ1v) is 23.1. The van der Waals surface area contributed by atoms with Gasteiger partial charge in [0.2, 0.25) is 0 Å². The largest absolute Gasteiger partial charge is 0.472 e. The second-order valence-electron chi connectivity index (χ2n) is 14.7. The summed E-state index contributed by atoms with van der Waals surface area (Å²) in [4.78, 5) is 35.0. The molecule has 0 aromatic heterocycles. The molecule has 3 N–H and O–H groups in total. The van der Waals surface area contributed by atoms with Crippen molar-refractivity contribution in [2.24, 2.45) is 0 Å². The lowest BCUT2D eigenvalue weighted by molar-refractivity contribution is -0.161. The Kier molecular flexibility index (Phi) is 38.0. The molecule has 1 unspecified atom stereocenters. The fraction of sp³-hybridized carbons (Fsp3) is 0.905. The lowest BCUT2D eigenvalue weighted by Crippen LogP contribution is -2.29. The van der Waals surface area contributed by atoms with Gasteiger partial charge in [-0.2, -0.15) is 0 Å². The Hall–Kier alpha value is -1.29. The summed E-state index contributed by atoms with van der Waals surface area (Å²) < 4.78 is 32.7. The Morgan fingerprint density at radius 3 is 1.42 bits per heavy atom. The number of carbonyl (C=O) groups excluding carboxylic acids is 2. The predicted molar refractivity (Wildman–Crippen MR) is 215 cm³/mol. The zero-order chi connectivity index (χ0) is 39.1. The molecule has 11 heteroatoms. The highest BCUT2D eigenvalue weighted by Crippen LogP contribution is 2.43. The van der Waals surface area contributed by atoms with Crippen molar-refractivity contribution < 1.29 is 47.8 Å². The third-order valence-electron chi connectivity index (χ3n) is 9.42. The molecule has 0 aliphatic rings. The van der Waals surface area contributed by atoms with E-state index in [9.17, 15) is 24.2 Å². The van der Waals surface area contributed by atoms with Gasteiger partial charge in [0.25, 0.3) is 0 Å². The summed E-state index contributed by atoms with van der Waals surface area (Å²) in [6.45, 7) is 2.37. The smallest absolute Gasteiger partial charge is 0.462 e. The average molecular weight is 777 g/mol. The summed E-state index contributed by atoms with van der Waals surface area (Å²) in [5.74, 6) is -0.917. The number of hydrogen-bond donors (Lipinski definition) is 3. The van der Waals surface area contributed by atoms with Crippen molar-refractivity contribution in [1.29, 1.82) is 0 Å². The molecule has 10 nitrogen and oxygen atoms in total. The van der Waals surface area contributed by atoms with Gasteiger partial charge in [-0.15, -0.1) is 0 Å². The fourth-order valence-corrected chi connectivity index (χ4v) is 6.82. The Morgan fingerprint density at radius 2 is 0.943 bits per heavy atom. The number of allylic oxidation sites excluding steroid dienone is 2. The van der Waals surface area contributed by atoms with Crippen LogP contribution in [-0.4, -0.2) is 65.7 Å². The maximum Gasteiger partial charge on any atom is 0.472 e. The number of phosphoric acid groups is 1. The number of aliphatic hydroxyl groups excluding tert-OH is 2. The molecule has 0 saturated heterocycles. The van der Waals surface area contributed by atoms with Crippen LogP contribution in [0.4, 0.5) is 0 Å². The molecule has 0 heterocycles.